The summed E-state index contributed by atoms with van der Waals surface area (Å²) in [6.07, 6.45) is 1.31. The number of rotatable bonds is 5. The topological polar surface area (TPSA) is 51.5 Å². The van der Waals surface area contributed by atoms with Crippen LogP contribution in [0, 0.1) is 0 Å². The van der Waals surface area contributed by atoms with E-state index in [4.69, 9.17) is 16.3 Å². The lowest BCUT2D eigenvalue weighted by Gasteiger charge is -2.30. The van der Waals surface area contributed by atoms with Crippen LogP contribution in [-0.4, -0.2) is 32.6 Å². The number of hydrogen-bond acceptors (Lipinski definition) is 4. The largest absolute Gasteiger partial charge is 0.495 e. The van der Waals surface area contributed by atoms with Gasteiger partial charge in [-0.3, -0.25) is 0 Å². The first-order valence-corrected chi connectivity index (χ1v) is 11.4. The molecule has 0 unspecified atom stereocenters. The molecule has 0 radical (unpaired) electrons. The van der Waals surface area contributed by atoms with Crippen LogP contribution in [0.4, 0.5) is 14.5 Å². The number of alkyl halides is 2. The number of piperidine rings is 1. The summed E-state index contributed by atoms with van der Waals surface area (Å²) in [5, 5.41) is 0.377. The fourth-order valence-corrected chi connectivity index (χ4v) is 5.47. The lowest BCUT2D eigenvalue weighted by molar-refractivity contribution is 0.153. The van der Waals surface area contributed by atoms with Crippen molar-refractivity contribution in [3.05, 3.63) is 53.2 Å². The Hall–Kier alpha value is -2.32. The molecule has 2 aromatic carbocycles. The van der Waals surface area contributed by atoms with E-state index in [9.17, 15) is 17.2 Å². The Labute approximate surface area is 178 Å². The highest BCUT2D eigenvalue weighted by Gasteiger charge is 2.26. The van der Waals surface area contributed by atoms with Crippen molar-refractivity contribution in [2.24, 2.45) is 0 Å². The predicted molar refractivity (Wildman–Crippen MR) is 114 cm³/mol. The zero-order chi connectivity index (χ0) is 21.5. The fraction of sp³-hybridized carbons (Fsp3) is 0.333. The summed E-state index contributed by atoms with van der Waals surface area (Å²) in [7, 11) is -2.58. The van der Waals surface area contributed by atoms with Crippen LogP contribution in [0.2, 0.25) is 5.02 Å². The van der Waals surface area contributed by atoms with E-state index in [1.54, 1.807) is 12.1 Å². The SMILES string of the molecule is COc1ccc(S(=O)(=O)n2cc(C(F)F)c3cc(Cl)ccc32)cc1N1CCCCC1. The van der Waals surface area contributed by atoms with E-state index in [0.29, 0.717) is 11.4 Å². The average molecular weight is 455 g/mol. The maximum atomic E-state index is 13.6. The van der Waals surface area contributed by atoms with Crippen molar-refractivity contribution in [1.29, 1.82) is 0 Å². The Morgan fingerprint density at radius 3 is 2.47 bits per heavy atom. The maximum Gasteiger partial charge on any atom is 0.268 e. The number of ether oxygens (including phenoxy) is 1. The molecule has 0 atom stereocenters. The van der Waals surface area contributed by atoms with E-state index < -0.39 is 16.4 Å². The van der Waals surface area contributed by atoms with Crippen molar-refractivity contribution in [2.45, 2.75) is 30.6 Å². The summed E-state index contributed by atoms with van der Waals surface area (Å²) >= 11 is 5.95. The van der Waals surface area contributed by atoms with Crippen molar-refractivity contribution in [3.63, 3.8) is 0 Å². The normalized spacial score (nSPS) is 15.2. The van der Waals surface area contributed by atoms with Crippen molar-refractivity contribution >= 4 is 38.2 Å². The van der Waals surface area contributed by atoms with E-state index in [0.717, 1.165) is 42.5 Å². The number of aromatic nitrogens is 1. The van der Waals surface area contributed by atoms with E-state index in [2.05, 4.69) is 4.90 Å². The quantitative estimate of drug-likeness (QED) is 0.513. The average Bonchev–Trinajstić information content (AvgIpc) is 3.13. The minimum absolute atomic E-state index is 0.0107. The lowest BCUT2D eigenvalue weighted by atomic mass is 10.1. The number of hydrogen-bond donors (Lipinski definition) is 0. The summed E-state index contributed by atoms with van der Waals surface area (Å²) in [6.45, 7) is 1.61. The van der Waals surface area contributed by atoms with Crippen molar-refractivity contribution in [3.8, 4) is 5.75 Å². The summed E-state index contributed by atoms with van der Waals surface area (Å²) in [6, 6.07) is 8.88. The van der Waals surface area contributed by atoms with Crippen molar-refractivity contribution < 1.29 is 21.9 Å². The molecule has 0 spiro atoms. The van der Waals surface area contributed by atoms with E-state index in [1.165, 1.54) is 31.4 Å². The Morgan fingerprint density at radius 2 is 1.80 bits per heavy atom. The minimum atomic E-state index is -4.12. The van der Waals surface area contributed by atoms with Crippen molar-refractivity contribution in [2.75, 3.05) is 25.1 Å². The molecule has 0 bridgehead atoms. The molecule has 1 saturated heterocycles. The van der Waals surface area contributed by atoms with Gasteiger partial charge in [0.15, 0.2) is 0 Å². The molecule has 2 heterocycles. The predicted octanol–water partition coefficient (Wildman–Crippen LogP) is 5.47. The molecule has 3 aromatic rings. The van der Waals surface area contributed by atoms with E-state index >= 15 is 0 Å². The van der Waals surface area contributed by atoms with E-state index in [1.807, 2.05) is 0 Å². The van der Waals surface area contributed by atoms with Gasteiger partial charge >= 0.3 is 0 Å². The van der Waals surface area contributed by atoms with Gasteiger partial charge in [0.2, 0.25) is 0 Å². The molecule has 1 fully saturated rings. The van der Waals surface area contributed by atoms with Gasteiger partial charge < -0.3 is 9.64 Å². The minimum Gasteiger partial charge on any atom is -0.495 e. The molecule has 4 rings (SSSR count). The smallest absolute Gasteiger partial charge is 0.268 e. The van der Waals surface area contributed by atoms with Gasteiger partial charge in [-0.15, -0.1) is 0 Å². The number of benzene rings is 2. The zero-order valence-corrected chi connectivity index (χ0v) is 17.9. The molecular formula is C21H21ClF2N2O3S. The van der Waals surface area contributed by atoms with Crippen LogP contribution >= 0.6 is 11.6 Å². The van der Waals surface area contributed by atoms with Gasteiger partial charge in [0.1, 0.15) is 5.75 Å². The lowest BCUT2D eigenvalue weighted by Crippen LogP contribution is -2.30. The first-order chi connectivity index (χ1) is 14.3. The first kappa shape index (κ1) is 20.9. The molecular weight excluding hydrogens is 434 g/mol. The molecule has 160 valence electrons. The van der Waals surface area contributed by atoms with Crippen LogP contribution < -0.4 is 9.64 Å². The monoisotopic (exact) mass is 454 g/mol. The Kier molecular flexibility index (Phi) is 5.63. The molecule has 1 aliphatic rings. The van der Waals surface area contributed by atoms with Crippen LogP contribution in [0.15, 0.2) is 47.5 Å². The van der Waals surface area contributed by atoms with Gasteiger partial charge in [0.25, 0.3) is 16.4 Å². The molecule has 0 N–H and O–H groups in total. The summed E-state index contributed by atoms with van der Waals surface area (Å²) in [4.78, 5) is 2.11. The van der Waals surface area contributed by atoms with Crippen LogP contribution in [0.1, 0.15) is 31.3 Å². The molecule has 0 aliphatic carbocycles. The number of nitrogens with zero attached hydrogens (tertiary/aromatic N) is 2. The van der Waals surface area contributed by atoms with Crippen LogP contribution in [0.5, 0.6) is 5.75 Å². The Morgan fingerprint density at radius 1 is 1.07 bits per heavy atom. The second-order valence-electron chi connectivity index (χ2n) is 7.23. The van der Waals surface area contributed by atoms with Gasteiger partial charge in [-0.25, -0.2) is 21.2 Å². The second kappa shape index (κ2) is 8.07. The summed E-state index contributed by atoms with van der Waals surface area (Å²) < 4.78 is 60.3. The number of anilines is 1. The fourth-order valence-electron chi connectivity index (χ4n) is 3.90. The molecule has 0 amide bonds. The highest BCUT2D eigenvalue weighted by atomic mass is 35.5. The van der Waals surface area contributed by atoms with Crippen LogP contribution in [-0.2, 0) is 10.0 Å². The van der Waals surface area contributed by atoms with Crippen molar-refractivity contribution in [1.82, 2.24) is 3.97 Å². The molecule has 1 aromatic heterocycles. The second-order valence-corrected chi connectivity index (χ2v) is 9.48. The molecule has 5 nitrogen and oxygen atoms in total. The third kappa shape index (κ3) is 3.63. The standard InChI is InChI=1S/C21H21ClF2N2O3S/c1-29-20-8-6-15(12-19(20)25-9-3-2-4-10-25)30(27,28)26-13-17(21(23)24)16-11-14(22)5-7-18(16)26/h5-8,11-13,21H,2-4,9-10H2,1H3. The van der Waals surface area contributed by atoms with Gasteiger partial charge in [-0.2, -0.15) is 0 Å². The molecule has 1 aliphatic heterocycles. The number of halogens is 3. The highest BCUT2D eigenvalue weighted by molar-refractivity contribution is 7.90. The third-order valence-corrected chi connectivity index (χ3v) is 7.31. The van der Waals surface area contributed by atoms with Crippen LogP contribution in [0.25, 0.3) is 10.9 Å². The number of methoxy groups -OCH3 is 1. The zero-order valence-electron chi connectivity index (χ0n) is 16.3. The Balaban J connectivity index is 1.87. The number of fused-ring (bicyclic) bond motifs is 1. The van der Waals surface area contributed by atoms with Gasteiger partial charge in [0, 0.05) is 35.3 Å². The third-order valence-electron chi connectivity index (χ3n) is 5.40. The summed E-state index contributed by atoms with van der Waals surface area (Å²) in [5.41, 5.74) is 0.470. The van der Waals surface area contributed by atoms with Gasteiger partial charge in [0.05, 0.1) is 23.2 Å². The van der Waals surface area contributed by atoms with Crippen LogP contribution in [0.3, 0.4) is 0 Å². The molecule has 0 saturated carbocycles. The maximum absolute atomic E-state index is 13.6. The highest BCUT2D eigenvalue weighted by Crippen LogP contribution is 2.36. The summed E-state index contributed by atoms with van der Waals surface area (Å²) in [5.74, 6) is 0.577. The van der Waals surface area contributed by atoms with Gasteiger partial charge in [-0.1, -0.05) is 11.6 Å². The van der Waals surface area contributed by atoms with Gasteiger partial charge in [-0.05, 0) is 55.7 Å². The Bertz CT molecular complexity index is 1190. The first-order valence-electron chi connectivity index (χ1n) is 9.60. The van der Waals surface area contributed by atoms with E-state index in [-0.39, 0.29) is 26.4 Å². The molecule has 30 heavy (non-hydrogen) atoms. The molecule has 9 heteroatoms.